The fourth-order valence-electron chi connectivity index (χ4n) is 8.44. The number of carboxylic acids is 1. The maximum Gasteiger partial charge on any atom is 0.335 e. The van der Waals surface area contributed by atoms with Gasteiger partial charge in [0.1, 0.15) is 24.7 Å². The van der Waals surface area contributed by atoms with Gasteiger partial charge in [0.25, 0.3) is 0 Å². The topological polar surface area (TPSA) is 141 Å². The van der Waals surface area contributed by atoms with Crippen LogP contribution in [0, 0.1) is 5.82 Å². The molecule has 2 amide bonds. The Kier molecular flexibility index (Phi) is 11.5. The van der Waals surface area contributed by atoms with Crippen LogP contribution in [0.5, 0.6) is 5.75 Å². The number of hydrogen-bond acceptors (Lipinski definition) is 7. The van der Waals surface area contributed by atoms with E-state index in [2.05, 4.69) is 16.8 Å². The summed E-state index contributed by atoms with van der Waals surface area (Å²) >= 11 is 0. The molecule has 3 aromatic carbocycles. The predicted octanol–water partition coefficient (Wildman–Crippen LogP) is 6.28. The van der Waals surface area contributed by atoms with Crippen LogP contribution < -0.4 is 19.9 Å². The molecule has 2 N–H and O–H groups in total. The van der Waals surface area contributed by atoms with Crippen molar-refractivity contribution in [3.63, 3.8) is 0 Å². The maximum atomic E-state index is 16.7. The van der Waals surface area contributed by atoms with E-state index >= 15 is 4.39 Å². The third-order valence-corrected chi connectivity index (χ3v) is 12.5. The van der Waals surface area contributed by atoms with Gasteiger partial charge >= 0.3 is 5.97 Å². The number of amides is 2. The number of anilines is 2. The Morgan fingerprint density at radius 3 is 2.41 bits per heavy atom. The molecule has 3 fully saturated rings. The molecule has 0 radical (unpaired) electrons. The second kappa shape index (κ2) is 16.5. The van der Waals surface area contributed by atoms with E-state index in [4.69, 9.17) is 4.74 Å². The summed E-state index contributed by atoms with van der Waals surface area (Å²) in [6, 6.07) is 15.4. The number of nitrogens with zero attached hydrogens (tertiary/aromatic N) is 4. The lowest BCUT2D eigenvalue weighted by Gasteiger charge is -2.36. The highest BCUT2D eigenvalue weighted by atomic mass is 32.2. The summed E-state index contributed by atoms with van der Waals surface area (Å²) in [6.45, 7) is 6.09. The van der Waals surface area contributed by atoms with Crippen LogP contribution in [0.15, 0.2) is 67.3 Å². The van der Waals surface area contributed by atoms with Crippen LogP contribution in [0.3, 0.4) is 0 Å². The lowest BCUT2D eigenvalue weighted by atomic mass is 9.81. The highest BCUT2D eigenvalue weighted by molar-refractivity contribution is 7.88. The number of carboxylic acid groups (broad SMARTS) is 1. The van der Waals surface area contributed by atoms with Crippen LogP contribution in [-0.2, 0) is 32.8 Å². The number of benzene rings is 3. The van der Waals surface area contributed by atoms with Gasteiger partial charge in [-0.1, -0.05) is 31.4 Å². The van der Waals surface area contributed by atoms with Gasteiger partial charge in [0.2, 0.25) is 21.8 Å². The Bertz CT molecular complexity index is 2280. The summed E-state index contributed by atoms with van der Waals surface area (Å²) in [6.07, 6.45) is 8.96. The zero-order valence-electron chi connectivity index (χ0n) is 31.6. The molecule has 56 heavy (non-hydrogen) atoms. The third-order valence-electron chi connectivity index (χ3n) is 11.2. The van der Waals surface area contributed by atoms with Gasteiger partial charge in [0, 0.05) is 79.6 Å². The van der Waals surface area contributed by atoms with E-state index < -0.39 is 21.8 Å². The zero-order chi connectivity index (χ0) is 39.6. The summed E-state index contributed by atoms with van der Waals surface area (Å²) in [5.74, 6) is -1.54. The van der Waals surface area contributed by atoms with Crippen molar-refractivity contribution in [3.05, 3.63) is 89.8 Å². The number of sulfonamides is 1. The summed E-state index contributed by atoms with van der Waals surface area (Å²) in [5.41, 5.74) is 4.74. The van der Waals surface area contributed by atoms with E-state index in [1.54, 1.807) is 45.9 Å². The van der Waals surface area contributed by atoms with Gasteiger partial charge in [-0.15, -0.1) is 6.58 Å². The van der Waals surface area contributed by atoms with E-state index in [0.717, 1.165) is 66.4 Å². The average molecular weight is 786 g/mol. The SMILES string of the molecule is C=CCNC(=O)Cn1c(-c2ccc(OCc3cc(N4CCCC4=O)ccc3N3CCN(S(C)(=O)=O)CC3)cc2F)c(C2CCCCC2)c2ccc(C(=O)O)cc21. The quantitative estimate of drug-likeness (QED) is 0.151. The average Bonchev–Trinajstić information content (AvgIpc) is 3.76. The second-order valence-corrected chi connectivity index (χ2v) is 16.8. The molecule has 3 heterocycles. The fourth-order valence-corrected chi connectivity index (χ4v) is 9.26. The van der Waals surface area contributed by atoms with Crippen molar-refractivity contribution in [2.24, 2.45) is 0 Å². The highest BCUT2D eigenvalue weighted by Gasteiger charge is 2.30. The molecule has 2 aliphatic heterocycles. The Morgan fingerprint density at radius 2 is 1.75 bits per heavy atom. The lowest BCUT2D eigenvalue weighted by Crippen LogP contribution is -2.48. The number of carbonyl (C=O) groups excluding carboxylic acids is 2. The van der Waals surface area contributed by atoms with E-state index in [1.807, 2.05) is 18.2 Å². The number of piperazine rings is 1. The molecule has 0 atom stereocenters. The van der Waals surface area contributed by atoms with Crippen molar-refractivity contribution in [3.8, 4) is 17.0 Å². The molecule has 1 aromatic heterocycles. The van der Waals surface area contributed by atoms with Crippen molar-refractivity contribution in [2.75, 3.05) is 55.3 Å². The van der Waals surface area contributed by atoms with E-state index in [1.165, 1.54) is 16.6 Å². The number of halogens is 1. The first kappa shape index (κ1) is 39.0. The van der Waals surface area contributed by atoms with Crippen LogP contribution in [0.2, 0.25) is 0 Å². The Balaban J connectivity index is 1.24. The zero-order valence-corrected chi connectivity index (χ0v) is 32.5. The van der Waals surface area contributed by atoms with Gasteiger partial charge in [-0.2, -0.15) is 4.31 Å². The molecule has 3 aliphatic rings. The van der Waals surface area contributed by atoms with Crippen LogP contribution in [0.4, 0.5) is 15.8 Å². The lowest BCUT2D eigenvalue weighted by molar-refractivity contribution is -0.121. The first-order valence-electron chi connectivity index (χ1n) is 19.3. The number of ether oxygens (including phenoxy) is 1. The smallest absolute Gasteiger partial charge is 0.335 e. The number of carbonyl (C=O) groups is 3. The number of fused-ring (bicyclic) bond motifs is 1. The standard InChI is InChI=1S/C42H48FN5O7S/c1-3-17-44-38(49)26-48-37-24-29(42(51)52)11-14-34(37)40(28-8-5-4-6-9-28)41(48)33-15-13-32(25-35(33)43)55-27-30-23-31(47-18-7-10-39(47)50)12-16-36(30)45-19-21-46(22-20-45)56(2,53)54/h3,11-16,23-25,28H,1,4-10,17-22,26-27H2,2H3,(H,44,49)(H,51,52). The molecule has 7 rings (SSSR count). The molecular weight excluding hydrogens is 738 g/mol. The summed E-state index contributed by atoms with van der Waals surface area (Å²) in [5, 5.41) is 13.5. The molecular formula is C42H48FN5O7S. The number of aromatic nitrogens is 1. The molecule has 12 nitrogen and oxygen atoms in total. The van der Waals surface area contributed by atoms with Crippen molar-refractivity contribution >= 4 is 50.1 Å². The first-order valence-corrected chi connectivity index (χ1v) is 21.1. The van der Waals surface area contributed by atoms with Gasteiger partial charge in [0.15, 0.2) is 0 Å². The molecule has 0 unspecified atom stereocenters. The fraction of sp³-hybridized carbons (Fsp3) is 0.405. The van der Waals surface area contributed by atoms with Crippen LogP contribution in [0.1, 0.15) is 72.3 Å². The normalized spacial score (nSPS) is 17.1. The summed E-state index contributed by atoms with van der Waals surface area (Å²) < 4.78 is 50.5. The number of rotatable bonds is 13. The molecule has 1 aliphatic carbocycles. The minimum atomic E-state index is -3.32. The van der Waals surface area contributed by atoms with E-state index in [0.29, 0.717) is 50.4 Å². The van der Waals surface area contributed by atoms with Gasteiger partial charge in [-0.25, -0.2) is 17.6 Å². The van der Waals surface area contributed by atoms with E-state index in [9.17, 15) is 27.9 Å². The van der Waals surface area contributed by atoms with Gasteiger partial charge in [-0.05, 0) is 73.2 Å². The molecule has 0 spiro atoms. The Hall–Kier alpha value is -5.21. The number of aromatic carboxylic acids is 1. The first-order chi connectivity index (χ1) is 26.9. The van der Waals surface area contributed by atoms with Crippen LogP contribution in [0.25, 0.3) is 22.2 Å². The Labute approximate surface area is 326 Å². The van der Waals surface area contributed by atoms with Gasteiger partial charge in [0.05, 0.1) is 23.0 Å². The van der Waals surface area contributed by atoms with Crippen molar-refractivity contribution < 1.29 is 37.0 Å². The molecule has 296 valence electrons. The second-order valence-electron chi connectivity index (χ2n) is 14.9. The largest absolute Gasteiger partial charge is 0.489 e. The maximum absolute atomic E-state index is 16.7. The van der Waals surface area contributed by atoms with Gasteiger partial charge < -0.3 is 29.5 Å². The number of hydrogen-bond donors (Lipinski definition) is 2. The summed E-state index contributed by atoms with van der Waals surface area (Å²) in [7, 11) is -3.32. The highest BCUT2D eigenvalue weighted by Crippen LogP contribution is 2.45. The van der Waals surface area contributed by atoms with Gasteiger partial charge in [-0.3, -0.25) is 9.59 Å². The summed E-state index contributed by atoms with van der Waals surface area (Å²) in [4.78, 5) is 41.8. The van der Waals surface area contributed by atoms with Crippen molar-refractivity contribution in [1.29, 1.82) is 0 Å². The number of nitrogens with one attached hydrogen (secondary N) is 1. The molecule has 2 saturated heterocycles. The minimum Gasteiger partial charge on any atom is -0.489 e. The molecule has 14 heteroatoms. The minimum absolute atomic E-state index is 0.0476. The third kappa shape index (κ3) is 8.17. The van der Waals surface area contributed by atoms with Crippen molar-refractivity contribution in [1.82, 2.24) is 14.2 Å². The predicted molar refractivity (Wildman–Crippen MR) is 214 cm³/mol. The monoisotopic (exact) mass is 785 g/mol. The van der Waals surface area contributed by atoms with Crippen molar-refractivity contribution in [2.45, 2.75) is 64.0 Å². The molecule has 1 saturated carbocycles. The molecule has 4 aromatic rings. The van der Waals surface area contributed by atoms with Crippen LogP contribution in [-0.4, -0.2) is 85.7 Å². The van der Waals surface area contributed by atoms with E-state index in [-0.39, 0.29) is 54.3 Å². The Morgan fingerprint density at radius 1 is 0.982 bits per heavy atom. The van der Waals surface area contributed by atoms with Crippen LogP contribution >= 0.6 is 0 Å². The molecule has 0 bridgehead atoms.